The molecule has 7 heteroatoms. The summed E-state index contributed by atoms with van der Waals surface area (Å²) in [4.78, 5) is 20.7. The molecule has 0 bridgehead atoms. The van der Waals surface area contributed by atoms with Crippen molar-refractivity contribution in [2.24, 2.45) is 0 Å². The van der Waals surface area contributed by atoms with E-state index in [0.29, 0.717) is 26.3 Å². The fourth-order valence-corrected chi connectivity index (χ4v) is 7.21. The number of piperazine rings is 1. The molecule has 196 valence electrons. The fraction of sp³-hybridized carbons (Fsp3) is 0.290. The normalized spacial score (nSPS) is 19.5. The van der Waals surface area contributed by atoms with Crippen molar-refractivity contribution >= 4 is 27.6 Å². The lowest BCUT2D eigenvalue weighted by atomic mass is 10.1. The highest BCUT2D eigenvalue weighted by molar-refractivity contribution is 8.16. The van der Waals surface area contributed by atoms with Gasteiger partial charge in [-0.25, -0.2) is 0 Å². The second-order valence-electron chi connectivity index (χ2n) is 9.74. The molecule has 6 rings (SSSR count). The lowest BCUT2D eigenvalue weighted by Crippen LogP contribution is -2.48. The predicted molar refractivity (Wildman–Crippen MR) is 155 cm³/mol. The molecule has 3 aromatic rings. The quantitative estimate of drug-likeness (QED) is 0.299. The maximum Gasteiger partial charge on any atom is 0.254 e. The Balaban J connectivity index is 0.978. The summed E-state index contributed by atoms with van der Waals surface area (Å²) in [7, 11) is -0.131. The number of fused-ring (bicyclic) bond motifs is 1. The molecule has 0 radical (unpaired) electrons. The van der Waals surface area contributed by atoms with Crippen LogP contribution in [0.2, 0.25) is 0 Å². The van der Waals surface area contributed by atoms with Crippen molar-refractivity contribution in [3.63, 3.8) is 0 Å². The number of allylic oxidation sites excluding steroid dienone is 1. The van der Waals surface area contributed by atoms with E-state index in [1.165, 1.54) is 16.4 Å². The molecule has 1 atom stereocenters. The van der Waals surface area contributed by atoms with E-state index in [1.54, 1.807) is 0 Å². The van der Waals surface area contributed by atoms with Crippen LogP contribution in [0.25, 0.3) is 0 Å². The maximum absolute atomic E-state index is 12.5. The summed E-state index contributed by atoms with van der Waals surface area (Å²) in [5, 5.41) is 2.35. The van der Waals surface area contributed by atoms with Gasteiger partial charge in [-0.2, -0.15) is 0 Å². The number of nitrogens with zero attached hydrogens (tertiary/aromatic N) is 4. The monoisotopic (exact) mass is 526 g/mol. The highest BCUT2D eigenvalue weighted by Gasteiger charge is 2.28. The SMILES string of the molecule is O=C1c2ccccc2CN1CCOCCN1CCN(C2=CC=S(c3ccccc3)N2c2ccccc2)CC1. The van der Waals surface area contributed by atoms with Crippen molar-refractivity contribution < 1.29 is 9.53 Å². The van der Waals surface area contributed by atoms with Gasteiger partial charge in [0.05, 0.1) is 18.9 Å². The third kappa shape index (κ3) is 5.27. The minimum absolute atomic E-state index is 0.124. The highest BCUT2D eigenvalue weighted by atomic mass is 32.2. The van der Waals surface area contributed by atoms with Gasteiger partial charge < -0.3 is 14.5 Å². The molecule has 0 aliphatic carbocycles. The minimum Gasteiger partial charge on any atom is -0.378 e. The number of hydrogen-bond donors (Lipinski definition) is 0. The summed E-state index contributed by atoms with van der Waals surface area (Å²) in [6.45, 7) is 7.55. The first kappa shape index (κ1) is 24.9. The van der Waals surface area contributed by atoms with E-state index < -0.39 is 0 Å². The van der Waals surface area contributed by atoms with Gasteiger partial charge in [0, 0.05) is 56.3 Å². The lowest BCUT2D eigenvalue weighted by Gasteiger charge is -2.40. The zero-order valence-corrected chi connectivity index (χ0v) is 22.4. The topological polar surface area (TPSA) is 39.3 Å². The summed E-state index contributed by atoms with van der Waals surface area (Å²) in [5.74, 6) is 1.41. The van der Waals surface area contributed by atoms with E-state index in [0.717, 1.165) is 43.9 Å². The Morgan fingerprint density at radius 1 is 0.763 bits per heavy atom. The van der Waals surface area contributed by atoms with Gasteiger partial charge >= 0.3 is 0 Å². The Labute approximate surface area is 227 Å². The average Bonchev–Trinajstić information content (AvgIpc) is 3.56. The van der Waals surface area contributed by atoms with Gasteiger partial charge in [0.15, 0.2) is 0 Å². The van der Waals surface area contributed by atoms with E-state index in [1.807, 2.05) is 29.2 Å². The number of rotatable bonds is 9. The summed E-state index contributed by atoms with van der Waals surface area (Å²) in [5.41, 5.74) is 3.18. The molecular weight excluding hydrogens is 492 g/mol. The molecule has 0 saturated carbocycles. The van der Waals surface area contributed by atoms with Crippen LogP contribution < -0.4 is 4.31 Å². The van der Waals surface area contributed by atoms with E-state index >= 15 is 0 Å². The Kier molecular flexibility index (Phi) is 7.58. The van der Waals surface area contributed by atoms with Crippen LogP contribution in [0.15, 0.2) is 102 Å². The number of carbonyl (C=O) groups is 1. The van der Waals surface area contributed by atoms with Crippen molar-refractivity contribution in [1.82, 2.24) is 14.7 Å². The Morgan fingerprint density at radius 2 is 1.45 bits per heavy atom. The molecule has 0 N–H and O–H groups in total. The molecule has 1 fully saturated rings. The molecule has 6 nitrogen and oxygen atoms in total. The lowest BCUT2D eigenvalue weighted by molar-refractivity contribution is 0.0574. The molecule has 3 aliphatic heterocycles. The second-order valence-corrected chi connectivity index (χ2v) is 11.5. The first-order valence-electron chi connectivity index (χ1n) is 13.4. The van der Waals surface area contributed by atoms with Crippen molar-refractivity contribution in [2.75, 3.05) is 56.8 Å². The minimum atomic E-state index is -0.131. The van der Waals surface area contributed by atoms with Crippen molar-refractivity contribution in [3.8, 4) is 0 Å². The molecule has 1 amide bonds. The van der Waals surface area contributed by atoms with Crippen molar-refractivity contribution in [3.05, 3.63) is 108 Å². The molecule has 1 saturated heterocycles. The Morgan fingerprint density at radius 3 is 2.21 bits per heavy atom. The first-order chi connectivity index (χ1) is 18.8. The summed E-state index contributed by atoms with van der Waals surface area (Å²) in [6.07, 6.45) is 2.31. The smallest absolute Gasteiger partial charge is 0.254 e. The Hall–Kier alpha value is -3.39. The number of para-hydroxylation sites is 1. The average molecular weight is 527 g/mol. The molecular formula is C31H34N4O2S. The Bertz CT molecular complexity index is 1320. The summed E-state index contributed by atoms with van der Waals surface area (Å²) < 4.78 is 8.43. The number of carbonyl (C=O) groups excluding carboxylic acids is 1. The summed E-state index contributed by atoms with van der Waals surface area (Å²) >= 11 is 0. The molecule has 1 unspecified atom stereocenters. The molecule has 0 spiro atoms. The zero-order chi connectivity index (χ0) is 25.7. The van der Waals surface area contributed by atoms with Crippen LogP contribution in [-0.2, 0) is 11.3 Å². The zero-order valence-electron chi connectivity index (χ0n) is 21.6. The van der Waals surface area contributed by atoms with Crippen LogP contribution >= 0.6 is 10.7 Å². The maximum atomic E-state index is 12.5. The third-order valence-electron chi connectivity index (χ3n) is 7.38. The number of benzene rings is 3. The number of amides is 1. The van der Waals surface area contributed by atoms with Crippen LogP contribution in [0.3, 0.4) is 0 Å². The van der Waals surface area contributed by atoms with Gasteiger partial charge in [0.25, 0.3) is 5.91 Å². The standard InChI is InChI=1S/C31H34N4O2S/c36-31-29-14-8-7-9-26(29)25-34(31)21-23-37-22-20-32-16-18-33(19-17-32)30-15-24-38(28-12-5-2-6-13-28)35(30)27-10-3-1-4-11-27/h1-15,24H,16-23,25H2. The van der Waals surface area contributed by atoms with Gasteiger partial charge in [-0.15, -0.1) is 0 Å². The van der Waals surface area contributed by atoms with Crippen LogP contribution in [0.4, 0.5) is 5.69 Å². The second kappa shape index (κ2) is 11.6. The number of ether oxygens (including phenoxy) is 1. The summed E-state index contributed by atoms with van der Waals surface area (Å²) in [6, 6.07) is 29.4. The van der Waals surface area contributed by atoms with E-state index in [2.05, 4.69) is 86.2 Å². The molecule has 0 aromatic heterocycles. The van der Waals surface area contributed by atoms with Gasteiger partial charge in [0.1, 0.15) is 5.82 Å². The fourth-order valence-electron chi connectivity index (χ4n) is 5.31. The van der Waals surface area contributed by atoms with E-state index in [-0.39, 0.29) is 16.6 Å². The van der Waals surface area contributed by atoms with E-state index in [4.69, 9.17) is 4.74 Å². The van der Waals surface area contributed by atoms with Gasteiger partial charge in [0.2, 0.25) is 0 Å². The molecule has 3 aliphatic rings. The highest BCUT2D eigenvalue weighted by Crippen LogP contribution is 2.42. The number of hydrogen-bond acceptors (Lipinski definition) is 5. The van der Waals surface area contributed by atoms with Crippen LogP contribution in [-0.4, -0.2) is 78.5 Å². The van der Waals surface area contributed by atoms with Crippen LogP contribution in [0.1, 0.15) is 15.9 Å². The van der Waals surface area contributed by atoms with Gasteiger partial charge in [-0.1, -0.05) is 65.3 Å². The van der Waals surface area contributed by atoms with Crippen molar-refractivity contribution in [1.29, 1.82) is 0 Å². The van der Waals surface area contributed by atoms with Crippen LogP contribution in [0.5, 0.6) is 0 Å². The molecule has 3 heterocycles. The predicted octanol–water partition coefficient (Wildman–Crippen LogP) is 4.68. The third-order valence-corrected chi connectivity index (χ3v) is 9.32. The number of anilines is 1. The molecule has 38 heavy (non-hydrogen) atoms. The molecule has 3 aromatic carbocycles. The van der Waals surface area contributed by atoms with Gasteiger partial charge in [-0.05, 0) is 47.3 Å². The first-order valence-corrected chi connectivity index (χ1v) is 14.6. The van der Waals surface area contributed by atoms with Crippen molar-refractivity contribution in [2.45, 2.75) is 11.4 Å². The van der Waals surface area contributed by atoms with Gasteiger partial charge in [-0.3, -0.25) is 14.0 Å². The van der Waals surface area contributed by atoms with Crippen LogP contribution in [0, 0.1) is 0 Å². The van der Waals surface area contributed by atoms with E-state index in [9.17, 15) is 4.79 Å². The largest absolute Gasteiger partial charge is 0.378 e.